The fourth-order valence-corrected chi connectivity index (χ4v) is 7.42. The standard InChI is InChI=1S/C24H19F4N5O3S/c25-16-1-3-17(4-2-16)37(35,36)33-19(8-22-12-23(22,33)13-22)20(34)30-9-14-5-6-29-18(7-14)15-10-31-21(32-11-15)24(26,27)28/h1-7,10-11,19H,8-9,12-13H2,(H,30,34)/t19-,22?,23?/m0/s1. The van der Waals surface area contributed by atoms with Crippen LogP contribution in [0, 0.1) is 11.2 Å². The zero-order chi connectivity index (χ0) is 26.2. The van der Waals surface area contributed by atoms with Crippen molar-refractivity contribution in [3.63, 3.8) is 0 Å². The number of pyridine rings is 1. The quantitative estimate of drug-likeness (QED) is 0.488. The maximum absolute atomic E-state index is 13.4. The molecule has 6 rings (SSSR count). The molecule has 8 nitrogen and oxygen atoms in total. The van der Waals surface area contributed by atoms with E-state index in [0.717, 1.165) is 24.5 Å². The number of alkyl halides is 3. The summed E-state index contributed by atoms with van der Waals surface area (Å²) < 4.78 is 79.7. The lowest BCUT2D eigenvalue weighted by molar-refractivity contribution is -0.145. The van der Waals surface area contributed by atoms with Crippen molar-refractivity contribution in [2.45, 2.75) is 48.5 Å². The van der Waals surface area contributed by atoms with Crippen molar-refractivity contribution in [1.29, 1.82) is 0 Å². The first kappa shape index (κ1) is 23.9. The summed E-state index contributed by atoms with van der Waals surface area (Å²) in [7, 11) is -4.02. The van der Waals surface area contributed by atoms with Crippen molar-refractivity contribution in [2.75, 3.05) is 0 Å². The number of halogens is 4. The molecule has 3 heterocycles. The van der Waals surface area contributed by atoms with Gasteiger partial charge in [0.15, 0.2) is 0 Å². The van der Waals surface area contributed by atoms with Gasteiger partial charge in [0.1, 0.15) is 11.9 Å². The Balaban J connectivity index is 1.18. The minimum absolute atomic E-state index is 0.0524. The number of hydrogen-bond acceptors (Lipinski definition) is 6. The van der Waals surface area contributed by atoms with Crippen LogP contribution in [0.4, 0.5) is 17.6 Å². The van der Waals surface area contributed by atoms with Gasteiger partial charge in [0.2, 0.25) is 21.8 Å². The van der Waals surface area contributed by atoms with Crippen molar-refractivity contribution < 1.29 is 30.8 Å². The second-order valence-electron chi connectivity index (χ2n) is 9.70. The Morgan fingerprint density at radius 2 is 1.76 bits per heavy atom. The molecule has 3 aliphatic rings. The van der Waals surface area contributed by atoms with Crippen LogP contribution >= 0.6 is 0 Å². The number of carbonyl (C=O) groups excluding carboxylic acids is 1. The number of piperidine rings is 2. The van der Waals surface area contributed by atoms with Crippen molar-refractivity contribution in [3.8, 4) is 11.3 Å². The van der Waals surface area contributed by atoms with Crippen LogP contribution < -0.4 is 5.32 Å². The molecular formula is C24H19F4N5O3S. The smallest absolute Gasteiger partial charge is 0.351 e. The molecular weight excluding hydrogens is 514 g/mol. The number of nitrogens with one attached hydrogen (secondary N) is 1. The van der Waals surface area contributed by atoms with Crippen LogP contribution in [-0.4, -0.2) is 45.2 Å². The van der Waals surface area contributed by atoms with E-state index >= 15 is 0 Å². The molecule has 3 fully saturated rings. The first-order valence-corrected chi connectivity index (χ1v) is 12.8. The van der Waals surface area contributed by atoms with Crippen molar-refractivity contribution >= 4 is 15.9 Å². The van der Waals surface area contributed by atoms with E-state index in [4.69, 9.17) is 0 Å². The Kier molecular flexibility index (Phi) is 5.03. The maximum Gasteiger partial charge on any atom is 0.451 e. The van der Waals surface area contributed by atoms with E-state index in [9.17, 15) is 30.8 Å². The molecule has 2 aliphatic carbocycles. The van der Waals surface area contributed by atoms with Crippen LogP contribution in [0.3, 0.4) is 0 Å². The number of rotatable bonds is 6. The van der Waals surface area contributed by atoms with Crippen LogP contribution in [0.15, 0.2) is 59.9 Å². The summed E-state index contributed by atoms with van der Waals surface area (Å²) in [5, 5.41) is 2.77. The van der Waals surface area contributed by atoms with E-state index in [0.29, 0.717) is 30.5 Å². The molecule has 0 spiro atoms. The molecule has 3 aromatic rings. The summed E-state index contributed by atoms with van der Waals surface area (Å²) in [5.74, 6) is -2.27. The Morgan fingerprint density at radius 1 is 1.08 bits per heavy atom. The molecule has 0 bridgehead atoms. The predicted octanol–water partition coefficient (Wildman–Crippen LogP) is 3.31. The summed E-state index contributed by atoms with van der Waals surface area (Å²) in [6.45, 7) is 0.0524. The van der Waals surface area contributed by atoms with Gasteiger partial charge in [-0.05, 0) is 66.6 Å². The number of aromatic nitrogens is 3. The molecule has 1 atom stereocenters. The van der Waals surface area contributed by atoms with Gasteiger partial charge < -0.3 is 5.32 Å². The maximum atomic E-state index is 13.4. The number of benzene rings is 1. The SMILES string of the molecule is O=C(NCc1ccnc(-c2cnc(C(F)(F)F)nc2)c1)[C@@H]1CC23CC2(C3)N1S(=O)(=O)c1ccc(F)cc1. The van der Waals surface area contributed by atoms with Gasteiger partial charge in [0.05, 0.1) is 10.6 Å². The van der Waals surface area contributed by atoms with Crippen LogP contribution in [0.1, 0.15) is 30.7 Å². The second-order valence-corrected chi connectivity index (χ2v) is 11.5. The highest BCUT2D eigenvalue weighted by atomic mass is 32.2. The average molecular weight is 534 g/mol. The van der Waals surface area contributed by atoms with Gasteiger partial charge in [-0.1, -0.05) is 0 Å². The van der Waals surface area contributed by atoms with Crippen molar-refractivity contribution in [3.05, 3.63) is 72.2 Å². The number of carbonyl (C=O) groups is 1. The molecule has 1 N–H and O–H groups in total. The van der Waals surface area contributed by atoms with Crippen molar-refractivity contribution in [2.24, 2.45) is 5.41 Å². The third kappa shape index (κ3) is 3.79. The van der Waals surface area contributed by atoms with Crippen LogP contribution in [-0.2, 0) is 27.5 Å². The summed E-state index contributed by atoms with van der Waals surface area (Å²) in [4.78, 5) is 23.9. The molecule has 37 heavy (non-hydrogen) atoms. The summed E-state index contributed by atoms with van der Waals surface area (Å²) in [6.07, 6.45) is 0.682. The number of amides is 1. The normalized spacial score (nSPS) is 26.3. The average Bonchev–Trinajstić information content (AvgIpc) is 3.63. The third-order valence-electron chi connectivity index (χ3n) is 7.45. The summed E-state index contributed by atoms with van der Waals surface area (Å²) in [5.41, 5.74) is 0.508. The lowest BCUT2D eigenvalue weighted by atomic mass is 10.0. The van der Waals surface area contributed by atoms with Gasteiger partial charge in [-0.2, -0.15) is 17.5 Å². The first-order chi connectivity index (χ1) is 17.5. The molecule has 0 radical (unpaired) electrons. The zero-order valence-electron chi connectivity index (χ0n) is 19.0. The summed E-state index contributed by atoms with van der Waals surface area (Å²) in [6, 6.07) is 6.87. The molecule has 192 valence electrons. The van der Waals surface area contributed by atoms with E-state index in [-0.39, 0.29) is 22.4 Å². The number of nitrogens with zero attached hydrogens (tertiary/aromatic N) is 4. The highest BCUT2D eigenvalue weighted by Crippen LogP contribution is 2.88. The van der Waals surface area contributed by atoms with E-state index in [1.54, 1.807) is 12.1 Å². The van der Waals surface area contributed by atoms with E-state index in [1.165, 1.54) is 22.6 Å². The largest absolute Gasteiger partial charge is 0.451 e. The van der Waals surface area contributed by atoms with Gasteiger partial charge in [0.25, 0.3) is 0 Å². The number of sulfonamides is 1. The Labute approximate surface area is 208 Å². The van der Waals surface area contributed by atoms with Gasteiger partial charge in [-0.25, -0.2) is 22.8 Å². The van der Waals surface area contributed by atoms with E-state index in [1.807, 2.05) is 0 Å². The Morgan fingerprint density at radius 3 is 2.41 bits per heavy atom. The highest BCUT2D eigenvalue weighted by Gasteiger charge is 2.92. The first-order valence-electron chi connectivity index (χ1n) is 11.4. The lowest BCUT2D eigenvalue weighted by Gasteiger charge is -2.32. The second kappa shape index (κ2) is 7.78. The fourth-order valence-electron chi connectivity index (χ4n) is 5.43. The molecule has 2 aromatic heterocycles. The third-order valence-corrected chi connectivity index (χ3v) is 9.44. The van der Waals surface area contributed by atoms with Crippen LogP contribution in [0.2, 0.25) is 0 Å². The molecule has 13 heteroatoms. The zero-order valence-corrected chi connectivity index (χ0v) is 19.9. The molecule has 1 saturated heterocycles. The van der Waals surface area contributed by atoms with E-state index in [2.05, 4.69) is 20.3 Å². The van der Waals surface area contributed by atoms with Gasteiger partial charge in [-0.15, -0.1) is 0 Å². The number of hydrogen-bond donors (Lipinski definition) is 1. The topological polar surface area (TPSA) is 105 Å². The minimum atomic E-state index is -4.66. The Hall–Kier alpha value is -3.45. The molecule has 2 saturated carbocycles. The fraction of sp³-hybridized carbons (Fsp3) is 0.333. The Bertz CT molecular complexity index is 1500. The highest BCUT2D eigenvalue weighted by molar-refractivity contribution is 7.89. The van der Waals surface area contributed by atoms with Gasteiger partial charge in [0, 0.05) is 36.2 Å². The molecule has 0 unspecified atom stereocenters. The lowest BCUT2D eigenvalue weighted by Crippen LogP contribution is -2.51. The van der Waals surface area contributed by atoms with Crippen LogP contribution in [0.5, 0.6) is 0 Å². The van der Waals surface area contributed by atoms with Crippen molar-refractivity contribution in [1.82, 2.24) is 24.6 Å². The van der Waals surface area contributed by atoms with E-state index < -0.39 is 45.3 Å². The molecule has 1 amide bonds. The molecule has 1 aromatic carbocycles. The predicted molar refractivity (Wildman–Crippen MR) is 120 cm³/mol. The minimum Gasteiger partial charge on any atom is -0.351 e. The van der Waals surface area contributed by atoms with Gasteiger partial charge in [-0.3, -0.25) is 9.78 Å². The molecule has 1 aliphatic heterocycles. The monoisotopic (exact) mass is 533 g/mol. The summed E-state index contributed by atoms with van der Waals surface area (Å²) >= 11 is 0. The van der Waals surface area contributed by atoms with Gasteiger partial charge >= 0.3 is 6.18 Å². The van der Waals surface area contributed by atoms with Crippen LogP contribution in [0.25, 0.3) is 11.3 Å².